The standard InChI is InChI=1S/C29H29N7O/c1-19-10-11-22-23(7-3-9-26(22)36-17-13-20(2)35-36)27(19)37-28-24(8-5-15-31-28)25-12-16-32-29(34-25)33-21-6-4-14-30-18-21/h3,5,7-13,15-17,21,30H,4,6,14,18H2,1-2H3,(H,32,33,34). The van der Waals surface area contributed by atoms with Gasteiger partial charge in [0.25, 0.3) is 0 Å². The molecule has 2 aromatic carbocycles. The molecule has 1 atom stereocenters. The molecule has 1 aliphatic heterocycles. The Morgan fingerprint density at radius 3 is 2.76 bits per heavy atom. The summed E-state index contributed by atoms with van der Waals surface area (Å²) in [6.07, 6.45) is 7.74. The fourth-order valence-corrected chi connectivity index (χ4v) is 4.81. The van der Waals surface area contributed by atoms with Crippen molar-refractivity contribution in [2.45, 2.75) is 32.7 Å². The van der Waals surface area contributed by atoms with Crippen molar-refractivity contribution in [3.8, 4) is 28.6 Å². The lowest BCUT2D eigenvalue weighted by Crippen LogP contribution is -2.38. The third-order valence-electron chi connectivity index (χ3n) is 6.69. The van der Waals surface area contributed by atoms with Gasteiger partial charge in [-0.15, -0.1) is 0 Å². The molecule has 0 saturated carbocycles. The van der Waals surface area contributed by atoms with Gasteiger partial charge in [0, 0.05) is 41.9 Å². The molecule has 37 heavy (non-hydrogen) atoms. The minimum Gasteiger partial charge on any atom is -0.437 e. The van der Waals surface area contributed by atoms with Gasteiger partial charge in [0.2, 0.25) is 11.8 Å². The van der Waals surface area contributed by atoms with Crippen molar-refractivity contribution in [3.05, 3.63) is 84.4 Å². The van der Waals surface area contributed by atoms with Crippen LogP contribution in [0.4, 0.5) is 5.95 Å². The number of piperidine rings is 1. The Bertz CT molecular complexity index is 1560. The zero-order valence-corrected chi connectivity index (χ0v) is 21.0. The maximum atomic E-state index is 6.56. The Morgan fingerprint density at radius 2 is 1.92 bits per heavy atom. The fourth-order valence-electron chi connectivity index (χ4n) is 4.81. The van der Waals surface area contributed by atoms with Crippen molar-refractivity contribution in [2.75, 3.05) is 18.4 Å². The van der Waals surface area contributed by atoms with E-state index in [1.807, 2.05) is 55.1 Å². The van der Waals surface area contributed by atoms with Crippen LogP contribution in [0, 0.1) is 13.8 Å². The van der Waals surface area contributed by atoms with Crippen LogP contribution in [-0.4, -0.2) is 43.9 Å². The number of pyridine rings is 1. The topological polar surface area (TPSA) is 89.8 Å². The lowest BCUT2D eigenvalue weighted by atomic mass is 10.0. The maximum absolute atomic E-state index is 6.56. The highest BCUT2D eigenvalue weighted by molar-refractivity contribution is 5.95. The molecular formula is C29H29N7O. The summed E-state index contributed by atoms with van der Waals surface area (Å²) in [6, 6.07) is 18.5. The van der Waals surface area contributed by atoms with E-state index >= 15 is 0 Å². The number of aryl methyl sites for hydroxylation is 2. The van der Waals surface area contributed by atoms with Crippen LogP contribution in [0.15, 0.2) is 73.2 Å². The van der Waals surface area contributed by atoms with E-state index in [2.05, 4.69) is 50.0 Å². The molecule has 8 heteroatoms. The van der Waals surface area contributed by atoms with E-state index in [4.69, 9.17) is 9.72 Å². The highest BCUT2D eigenvalue weighted by Crippen LogP contribution is 2.38. The summed E-state index contributed by atoms with van der Waals surface area (Å²) in [5.41, 5.74) is 4.56. The van der Waals surface area contributed by atoms with Crippen LogP contribution < -0.4 is 15.4 Å². The van der Waals surface area contributed by atoms with E-state index in [1.165, 1.54) is 0 Å². The second kappa shape index (κ2) is 9.99. The van der Waals surface area contributed by atoms with Gasteiger partial charge in [0.15, 0.2) is 0 Å². The smallest absolute Gasteiger partial charge is 0.228 e. The summed E-state index contributed by atoms with van der Waals surface area (Å²) in [6.45, 7) is 6.01. The molecule has 0 spiro atoms. The summed E-state index contributed by atoms with van der Waals surface area (Å²) >= 11 is 0. The Kier molecular flexibility index (Phi) is 6.24. The molecule has 8 nitrogen and oxygen atoms in total. The number of ether oxygens (including phenoxy) is 1. The molecule has 6 rings (SSSR count). The predicted molar refractivity (Wildman–Crippen MR) is 145 cm³/mol. The van der Waals surface area contributed by atoms with E-state index in [0.717, 1.165) is 70.7 Å². The first-order valence-electron chi connectivity index (χ1n) is 12.6. The number of hydrogen-bond acceptors (Lipinski definition) is 7. The van der Waals surface area contributed by atoms with Gasteiger partial charge in [0.05, 0.1) is 22.6 Å². The number of anilines is 1. The number of benzene rings is 2. The third-order valence-corrected chi connectivity index (χ3v) is 6.69. The average molecular weight is 492 g/mol. The summed E-state index contributed by atoms with van der Waals surface area (Å²) in [7, 11) is 0. The Balaban J connectivity index is 1.37. The number of fused-ring (bicyclic) bond motifs is 1. The van der Waals surface area contributed by atoms with Gasteiger partial charge in [-0.1, -0.05) is 24.3 Å². The number of nitrogens with zero attached hydrogens (tertiary/aromatic N) is 5. The summed E-state index contributed by atoms with van der Waals surface area (Å²) in [5.74, 6) is 1.88. The molecule has 0 aliphatic carbocycles. The largest absolute Gasteiger partial charge is 0.437 e. The van der Waals surface area contributed by atoms with Gasteiger partial charge < -0.3 is 15.4 Å². The molecule has 2 N–H and O–H groups in total. The molecule has 1 fully saturated rings. The van der Waals surface area contributed by atoms with Crippen LogP contribution in [0.2, 0.25) is 0 Å². The highest BCUT2D eigenvalue weighted by Gasteiger charge is 2.17. The number of nitrogens with one attached hydrogen (secondary N) is 2. The minimum absolute atomic E-state index is 0.319. The molecule has 0 amide bonds. The van der Waals surface area contributed by atoms with E-state index in [9.17, 15) is 0 Å². The summed E-state index contributed by atoms with van der Waals surface area (Å²) < 4.78 is 8.47. The van der Waals surface area contributed by atoms with Gasteiger partial charge in [-0.25, -0.2) is 19.6 Å². The van der Waals surface area contributed by atoms with Crippen LogP contribution in [0.3, 0.4) is 0 Å². The van der Waals surface area contributed by atoms with E-state index in [0.29, 0.717) is 17.9 Å². The van der Waals surface area contributed by atoms with Crippen molar-refractivity contribution >= 4 is 16.7 Å². The molecular weight excluding hydrogens is 462 g/mol. The van der Waals surface area contributed by atoms with Gasteiger partial charge in [0.1, 0.15) is 5.75 Å². The van der Waals surface area contributed by atoms with E-state index < -0.39 is 0 Å². The van der Waals surface area contributed by atoms with Crippen LogP contribution in [0.25, 0.3) is 27.7 Å². The molecule has 5 aromatic rings. The first-order chi connectivity index (χ1) is 18.2. The Hall–Kier alpha value is -4.30. The lowest BCUT2D eigenvalue weighted by Gasteiger charge is -2.23. The zero-order valence-electron chi connectivity index (χ0n) is 21.0. The molecule has 3 aromatic heterocycles. The number of rotatable bonds is 6. The van der Waals surface area contributed by atoms with Crippen LogP contribution in [-0.2, 0) is 0 Å². The monoisotopic (exact) mass is 491 g/mol. The summed E-state index contributed by atoms with van der Waals surface area (Å²) in [4.78, 5) is 13.8. The van der Waals surface area contributed by atoms with Crippen molar-refractivity contribution in [1.29, 1.82) is 0 Å². The lowest BCUT2D eigenvalue weighted by molar-refractivity contribution is 0.466. The summed E-state index contributed by atoms with van der Waals surface area (Å²) in [5, 5.41) is 13.5. The van der Waals surface area contributed by atoms with E-state index in [-0.39, 0.29) is 0 Å². The molecule has 1 aliphatic rings. The minimum atomic E-state index is 0.319. The van der Waals surface area contributed by atoms with Crippen LogP contribution in [0.1, 0.15) is 24.1 Å². The SMILES string of the molecule is Cc1ccn(-c2cccc3c(Oc4ncccc4-c4ccnc(NC5CCCNC5)n4)c(C)ccc23)n1. The average Bonchev–Trinajstić information content (AvgIpc) is 3.37. The number of hydrogen-bond donors (Lipinski definition) is 2. The molecule has 1 unspecified atom stereocenters. The van der Waals surface area contributed by atoms with Crippen LogP contribution >= 0.6 is 0 Å². The Labute approximate surface area is 215 Å². The second-order valence-corrected chi connectivity index (χ2v) is 9.40. The zero-order chi connectivity index (χ0) is 25.2. The normalized spacial score (nSPS) is 15.6. The quantitative estimate of drug-likeness (QED) is 0.326. The fraction of sp³-hybridized carbons (Fsp3) is 0.241. The first kappa shape index (κ1) is 23.1. The third kappa shape index (κ3) is 4.75. The van der Waals surface area contributed by atoms with Crippen molar-refractivity contribution in [1.82, 2.24) is 30.0 Å². The van der Waals surface area contributed by atoms with Gasteiger partial charge in [-0.2, -0.15) is 5.10 Å². The van der Waals surface area contributed by atoms with E-state index in [1.54, 1.807) is 12.4 Å². The van der Waals surface area contributed by atoms with Gasteiger partial charge in [-0.05, 0) is 69.1 Å². The van der Waals surface area contributed by atoms with Crippen molar-refractivity contribution in [3.63, 3.8) is 0 Å². The second-order valence-electron chi connectivity index (χ2n) is 9.40. The molecule has 0 radical (unpaired) electrons. The Morgan fingerprint density at radius 1 is 0.973 bits per heavy atom. The van der Waals surface area contributed by atoms with Crippen molar-refractivity contribution in [2.24, 2.45) is 0 Å². The first-order valence-corrected chi connectivity index (χ1v) is 12.6. The van der Waals surface area contributed by atoms with Crippen LogP contribution in [0.5, 0.6) is 11.6 Å². The molecule has 1 saturated heterocycles. The molecule has 4 heterocycles. The molecule has 0 bridgehead atoms. The highest BCUT2D eigenvalue weighted by atomic mass is 16.5. The predicted octanol–water partition coefficient (Wildman–Crippen LogP) is 5.45. The maximum Gasteiger partial charge on any atom is 0.228 e. The number of aromatic nitrogens is 5. The van der Waals surface area contributed by atoms with Crippen molar-refractivity contribution < 1.29 is 4.74 Å². The van der Waals surface area contributed by atoms with Gasteiger partial charge >= 0.3 is 0 Å². The van der Waals surface area contributed by atoms with Gasteiger partial charge in [-0.3, -0.25) is 0 Å². The molecule has 186 valence electrons.